The molecule has 0 bridgehead atoms. The number of ether oxygens (including phenoxy) is 2. The molecule has 31 heavy (non-hydrogen) atoms. The Morgan fingerprint density at radius 2 is 2.03 bits per heavy atom. The summed E-state index contributed by atoms with van der Waals surface area (Å²) >= 11 is 9.35. The second-order valence-electron chi connectivity index (χ2n) is 6.72. The second kappa shape index (κ2) is 8.74. The summed E-state index contributed by atoms with van der Waals surface area (Å²) in [6.07, 6.45) is 1.84. The zero-order chi connectivity index (χ0) is 21.2. The topological polar surface area (TPSA) is 62.1 Å². The molecule has 2 aromatic heterocycles. The molecular formula is C22H17ClN4O2S2. The number of halogens is 1. The van der Waals surface area contributed by atoms with E-state index in [1.54, 1.807) is 23.1 Å². The zero-order valence-corrected chi connectivity index (χ0v) is 18.7. The highest BCUT2D eigenvalue weighted by Gasteiger charge is 2.17. The van der Waals surface area contributed by atoms with Crippen LogP contribution in [0.2, 0.25) is 5.02 Å². The van der Waals surface area contributed by atoms with Gasteiger partial charge in [-0.1, -0.05) is 41.6 Å². The average Bonchev–Trinajstić information content (AvgIpc) is 3.52. The largest absolute Gasteiger partial charge is 0.454 e. The third-order valence-electron chi connectivity index (χ3n) is 4.63. The van der Waals surface area contributed by atoms with E-state index in [-0.39, 0.29) is 6.79 Å². The third kappa shape index (κ3) is 4.19. The summed E-state index contributed by atoms with van der Waals surface area (Å²) in [6, 6.07) is 13.5. The minimum absolute atomic E-state index is 0.265. The van der Waals surface area contributed by atoms with Gasteiger partial charge < -0.3 is 9.47 Å². The number of nitrogens with zero attached hydrogens (tertiary/aromatic N) is 4. The number of thioether (sulfide) groups is 1. The van der Waals surface area contributed by atoms with Crippen LogP contribution in [0.25, 0.3) is 22.0 Å². The molecule has 3 heterocycles. The normalized spacial score (nSPS) is 12.3. The Bertz CT molecular complexity index is 1250. The van der Waals surface area contributed by atoms with Crippen molar-refractivity contribution in [3.8, 4) is 33.5 Å². The fourth-order valence-corrected chi connectivity index (χ4v) is 5.16. The van der Waals surface area contributed by atoms with Gasteiger partial charge in [-0.2, -0.15) is 0 Å². The molecule has 0 aliphatic carbocycles. The predicted octanol–water partition coefficient (Wildman–Crippen LogP) is 5.93. The summed E-state index contributed by atoms with van der Waals surface area (Å²) < 4.78 is 12.9. The molecule has 1 aliphatic heterocycles. The van der Waals surface area contributed by atoms with E-state index in [4.69, 9.17) is 26.1 Å². The maximum Gasteiger partial charge on any atom is 0.231 e. The SMILES string of the molecule is C=CCn1c(SCc2csc(-c3ccc4c(c3)OCO4)n2)nnc1-c1cccc(Cl)c1. The minimum atomic E-state index is 0.265. The van der Waals surface area contributed by atoms with Crippen molar-refractivity contribution < 1.29 is 9.47 Å². The van der Waals surface area contributed by atoms with E-state index in [9.17, 15) is 0 Å². The third-order valence-corrected chi connectivity index (χ3v) is 6.81. The molecule has 156 valence electrons. The van der Waals surface area contributed by atoms with Gasteiger partial charge in [-0.3, -0.25) is 4.57 Å². The quantitative estimate of drug-likeness (QED) is 0.247. The number of rotatable bonds is 7. The molecule has 2 aromatic carbocycles. The van der Waals surface area contributed by atoms with Crippen molar-refractivity contribution in [2.24, 2.45) is 0 Å². The van der Waals surface area contributed by atoms with Crippen LogP contribution in [-0.4, -0.2) is 26.5 Å². The Kier molecular flexibility index (Phi) is 5.67. The first-order valence-electron chi connectivity index (χ1n) is 9.48. The van der Waals surface area contributed by atoms with E-state index in [0.29, 0.717) is 17.3 Å². The van der Waals surface area contributed by atoms with Crippen molar-refractivity contribution in [3.05, 3.63) is 71.2 Å². The van der Waals surface area contributed by atoms with Crippen molar-refractivity contribution in [1.82, 2.24) is 19.7 Å². The Balaban J connectivity index is 1.34. The molecule has 0 saturated heterocycles. The molecule has 0 amide bonds. The van der Waals surface area contributed by atoms with E-state index in [1.165, 1.54) is 0 Å². The van der Waals surface area contributed by atoms with Crippen LogP contribution in [0.5, 0.6) is 11.5 Å². The molecule has 6 nitrogen and oxygen atoms in total. The van der Waals surface area contributed by atoms with Crippen LogP contribution in [0.4, 0.5) is 0 Å². The summed E-state index contributed by atoms with van der Waals surface area (Å²) in [4.78, 5) is 4.78. The first-order valence-corrected chi connectivity index (χ1v) is 11.7. The van der Waals surface area contributed by atoms with Crippen LogP contribution in [0.1, 0.15) is 5.69 Å². The summed E-state index contributed by atoms with van der Waals surface area (Å²) in [5.41, 5.74) is 2.93. The van der Waals surface area contributed by atoms with E-state index in [2.05, 4.69) is 22.2 Å². The van der Waals surface area contributed by atoms with Crippen molar-refractivity contribution in [2.75, 3.05) is 6.79 Å². The summed E-state index contributed by atoms with van der Waals surface area (Å²) in [5.74, 6) is 2.98. The number of fused-ring (bicyclic) bond motifs is 1. The van der Waals surface area contributed by atoms with Crippen molar-refractivity contribution in [1.29, 1.82) is 0 Å². The van der Waals surface area contributed by atoms with Crippen molar-refractivity contribution in [2.45, 2.75) is 17.5 Å². The van der Waals surface area contributed by atoms with Crippen LogP contribution in [0, 0.1) is 0 Å². The summed E-state index contributed by atoms with van der Waals surface area (Å²) in [6.45, 7) is 4.74. The molecule has 0 radical (unpaired) electrons. The Hall–Kier alpha value is -2.81. The summed E-state index contributed by atoms with van der Waals surface area (Å²) in [7, 11) is 0. The van der Waals surface area contributed by atoms with Gasteiger partial charge in [-0.15, -0.1) is 28.1 Å². The number of hydrogen-bond acceptors (Lipinski definition) is 7. The molecule has 0 unspecified atom stereocenters. The molecule has 9 heteroatoms. The lowest BCUT2D eigenvalue weighted by atomic mass is 10.2. The molecule has 1 aliphatic rings. The fraction of sp³-hybridized carbons (Fsp3) is 0.136. The maximum absolute atomic E-state index is 6.15. The molecule has 5 rings (SSSR count). The van der Waals surface area contributed by atoms with Crippen LogP contribution in [0.15, 0.2) is 65.7 Å². The fourth-order valence-electron chi connectivity index (χ4n) is 3.20. The number of hydrogen-bond donors (Lipinski definition) is 0. The Labute approximate surface area is 192 Å². The molecule has 0 fully saturated rings. The van der Waals surface area contributed by atoms with Gasteiger partial charge in [-0.05, 0) is 30.3 Å². The first-order chi connectivity index (χ1) is 15.2. The number of benzene rings is 2. The lowest BCUT2D eigenvalue weighted by molar-refractivity contribution is 0.174. The van der Waals surface area contributed by atoms with Gasteiger partial charge >= 0.3 is 0 Å². The average molecular weight is 469 g/mol. The van der Waals surface area contributed by atoms with Crippen LogP contribution in [0.3, 0.4) is 0 Å². The highest BCUT2D eigenvalue weighted by molar-refractivity contribution is 7.98. The van der Waals surface area contributed by atoms with Gasteiger partial charge in [0.05, 0.1) is 5.69 Å². The van der Waals surface area contributed by atoms with Gasteiger partial charge in [0, 0.05) is 33.8 Å². The van der Waals surface area contributed by atoms with Crippen LogP contribution < -0.4 is 9.47 Å². The standard InChI is InChI=1S/C22H17ClN4O2S2/c1-2-8-27-20(14-4-3-5-16(23)9-14)25-26-22(27)31-12-17-11-30-21(24-17)15-6-7-18-19(10-15)29-13-28-18/h2-7,9-11H,1,8,12-13H2. The van der Waals surface area contributed by atoms with Gasteiger partial charge in [0.2, 0.25) is 6.79 Å². The Morgan fingerprint density at radius 3 is 2.90 bits per heavy atom. The van der Waals surface area contributed by atoms with E-state index < -0.39 is 0 Å². The Morgan fingerprint density at radius 1 is 1.13 bits per heavy atom. The highest BCUT2D eigenvalue weighted by atomic mass is 35.5. The highest BCUT2D eigenvalue weighted by Crippen LogP contribution is 2.37. The van der Waals surface area contributed by atoms with Gasteiger partial charge in [0.25, 0.3) is 0 Å². The van der Waals surface area contributed by atoms with Gasteiger partial charge in [0.1, 0.15) is 5.01 Å². The van der Waals surface area contributed by atoms with Gasteiger partial charge in [0.15, 0.2) is 22.5 Å². The number of allylic oxidation sites excluding steroid dienone is 1. The van der Waals surface area contributed by atoms with E-state index >= 15 is 0 Å². The van der Waals surface area contributed by atoms with Crippen molar-refractivity contribution >= 4 is 34.7 Å². The monoisotopic (exact) mass is 468 g/mol. The van der Waals surface area contributed by atoms with Gasteiger partial charge in [-0.25, -0.2) is 4.98 Å². The molecule has 4 aromatic rings. The van der Waals surface area contributed by atoms with Crippen LogP contribution in [-0.2, 0) is 12.3 Å². The molecular weight excluding hydrogens is 452 g/mol. The second-order valence-corrected chi connectivity index (χ2v) is 8.95. The van der Waals surface area contributed by atoms with E-state index in [1.807, 2.05) is 53.1 Å². The lowest BCUT2D eigenvalue weighted by Gasteiger charge is -2.07. The number of thiazole rings is 1. The van der Waals surface area contributed by atoms with Crippen molar-refractivity contribution in [3.63, 3.8) is 0 Å². The number of aromatic nitrogens is 4. The maximum atomic E-state index is 6.15. The minimum Gasteiger partial charge on any atom is -0.454 e. The smallest absolute Gasteiger partial charge is 0.231 e. The molecule has 0 spiro atoms. The predicted molar refractivity (Wildman–Crippen MR) is 124 cm³/mol. The van der Waals surface area contributed by atoms with E-state index in [0.717, 1.165) is 44.3 Å². The van der Waals surface area contributed by atoms with Crippen LogP contribution >= 0.6 is 34.7 Å². The molecule has 0 saturated carbocycles. The zero-order valence-electron chi connectivity index (χ0n) is 16.3. The first kappa shape index (κ1) is 20.1. The molecule has 0 atom stereocenters. The summed E-state index contributed by atoms with van der Waals surface area (Å²) in [5, 5.41) is 13.3. The lowest BCUT2D eigenvalue weighted by Crippen LogP contribution is -2.00. The molecule has 0 N–H and O–H groups in total.